The highest BCUT2D eigenvalue weighted by atomic mass is 32.2. The Morgan fingerprint density at radius 1 is 1.06 bits per heavy atom. The molecule has 3 rings (SSSR count). The minimum atomic E-state index is -3.47. The molecule has 2 aromatic carbocycles. The predicted molar refractivity (Wildman–Crippen MR) is 129 cm³/mol. The largest absolute Gasteiger partial charge is 0.497 e. The van der Waals surface area contributed by atoms with E-state index in [4.69, 9.17) is 4.74 Å². The van der Waals surface area contributed by atoms with E-state index in [1.54, 1.807) is 31.4 Å². The van der Waals surface area contributed by atoms with Crippen LogP contribution in [0, 0.1) is 13.8 Å². The summed E-state index contributed by atoms with van der Waals surface area (Å²) in [4.78, 5) is 17.0. The van der Waals surface area contributed by atoms with Gasteiger partial charge in [0.05, 0.1) is 19.1 Å². The first-order chi connectivity index (χ1) is 15.2. The molecular formula is C24H33N3O4S. The Hall–Kier alpha value is -2.74. The Morgan fingerprint density at radius 3 is 2.41 bits per heavy atom. The van der Waals surface area contributed by atoms with E-state index in [1.165, 1.54) is 27.4 Å². The molecule has 174 valence electrons. The van der Waals surface area contributed by atoms with Crippen LogP contribution in [0.3, 0.4) is 0 Å². The van der Waals surface area contributed by atoms with Crippen LogP contribution in [0.5, 0.6) is 5.75 Å². The standard InChI is InChI=1S/C24H33N3O4S/c1-19-8-5-11-23(20(19)2)25-14-16-26(17-15-25)24(28)12-7-13-27(32(4,29)30)21-9-6-10-22(18-21)31-3/h5-6,8-11,18H,7,12-17H2,1-4H3. The second-order valence-corrected chi connectivity index (χ2v) is 10.1. The Kier molecular flexibility index (Phi) is 7.66. The third kappa shape index (κ3) is 5.73. The number of ether oxygens (including phenoxy) is 1. The molecule has 0 atom stereocenters. The fourth-order valence-electron chi connectivity index (χ4n) is 4.06. The number of carbonyl (C=O) groups excluding carboxylic acids is 1. The maximum absolute atomic E-state index is 12.7. The number of hydrogen-bond donors (Lipinski definition) is 0. The first kappa shape index (κ1) is 23.9. The molecule has 1 aliphatic rings. The zero-order valence-electron chi connectivity index (χ0n) is 19.4. The molecule has 2 aromatic rings. The minimum absolute atomic E-state index is 0.0738. The SMILES string of the molecule is COc1cccc(N(CCCC(=O)N2CCN(c3cccc(C)c3C)CC2)S(C)(=O)=O)c1. The second kappa shape index (κ2) is 10.3. The van der Waals surface area contributed by atoms with Crippen LogP contribution in [-0.2, 0) is 14.8 Å². The number of amides is 1. The topological polar surface area (TPSA) is 70.2 Å². The van der Waals surface area contributed by atoms with Gasteiger partial charge in [-0.25, -0.2) is 8.42 Å². The average molecular weight is 460 g/mol. The molecule has 0 unspecified atom stereocenters. The van der Waals surface area contributed by atoms with Crippen LogP contribution < -0.4 is 13.9 Å². The molecule has 0 aliphatic carbocycles. The van der Waals surface area contributed by atoms with Crippen molar-refractivity contribution in [2.75, 3.05) is 55.3 Å². The summed E-state index contributed by atoms with van der Waals surface area (Å²) in [5, 5.41) is 0. The maximum atomic E-state index is 12.7. The van der Waals surface area contributed by atoms with Crippen molar-refractivity contribution >= 4 is 27.3 Å². The second-order valence-electron chi connectivity index (χ2n) is 8.23. The van der Waals surface area contributed by atoms with Gasteiger partial charge in [-0.05, 0) is 49.6 Å². The van der Waals surface area contributed by atoms with Gasteiger partial charge in [0, 0.05) is 50.9 Å². The zero-order valence-corrected chi connectivity index (χ0v) is 20.2. The number of methoxy groups -OCH3 is 1. The summed E-state index contributed by atoms with van der Waals surface area (Å²) in [6.45, 7) is 7.46. The molecule has 0 radical (unpaired) electrons. The highest BCUT2D eigenvalue weighted by Crippen LogP contribution is 2.25. The Balaban J connectivity index is 1.54. The normalized spacial score (nSPS) is 14.4. The lowest BCUT2D eigenvalue weighted by Crippen LogP contribution is -2.49. The number of benzene rings is 2. The molecule has 0 spiro atoms. The molecule has 1 amide bonds. The Bertz CT molecular complexity index is 1050. The fraction of sp³-hybridized carbons (Fsp3) is 0.458. The van der Waals surface area contributed by atoms with Gasteiger partial charge in [0.25, 0.3) is 0 Å². The van der Waals surface area contributed by atoms with Crippen molar-refractivity contribution in [3.63, 3.8) is 0 Å². The van der Waals surface area contributed by atoms with Crippen molar-refractivity contribution in [2.24, 2.45) is 0 Å². The smallest absolute Gasteiger partial charge is 0.232 e. The van der Waals surface area contributed by atoms with Gasteiger partial charge in [-0.2, -0.15) is 0 Å². The van der Waals surface area contributed by atoms with Crippen LogP contribution >= 0.6 is 0 Å². The van der Waals surface area contributed by atoms with Gasteiger partial charge in [0.1, 0.15) is 5.75 Å². The van der Waals surface area contributed by atoms with Crippen LogP contribution in [0.2, 0.25) is 0 Å². The summed E-state index contributed by atoms with van der Waals surface area (Å²) in [6.07, 6.45) is 1.96. The van der Waals surface area contributed by atoms with E-state index in [1.807, 2.05) is 4.90 Å². The van der Waals surface area contributed by atoms with Crippen LogP contribution in [-0.4, -0.2) is 65.3 Å². The van der Waals surface area contributed by atoms with Crippen LogP contribution in [0.25, 0.3) is 0 Å². The molecule has 0 bridgehead atoms. The number of carbonyl (C=O) groups is 1. The molecular weight excluding hydrogens is 426 g/mol. The van der Waals surface area contributed by atoms with Crippen molar-refractivity contribution < 1.29 is 17.9 Å². The summed E-state index contributed by atoms with van der Waals surface area (Å²) in [5.41, 5.74) is 4.33. The Labute approximate surface area is 191 Å². The first-order valence-electron chi connectivity index (χ1n) is 10.9. The fourth-order valence-corrected chi connectivity index (χ4v) is 5.02. The highest BCUT2D eigenvalue weighted by molar-refractivity contribution is 7.92. The third-order valence-electron chi connectivity index (χ3n) is 6.04. The summed E-state index contributed by atoms with van der Waals surface area (Å²) in [6, 6.07) is 13.3. The van der Waals surface area contributed by atoms with Gasteiger partial charge in [0.2, 0.25) is 15.9 Å². The quantitative estimate of drug-likeness (QED) is 0.606. The molecule has 1 heterocycles. The lowest BCUT2D eigenvalue weighted by molar-refractivity contribution is -0.131. The van der Waals surface area contributed by atoms with Gasteiger partial charge < -0.3 is 14.5 Å². The molecule has 7 nitrogen and oxygen atoms in total. The summed E-state index contributed by atoms with van der Waals surface area (Å²) >= 11 is 0. The Morgan fingerprint density at radius 2 is 1.75 bits per heavy atom. The van der Waals surface area contributed by atoms with Crippen LogP contribution in [0.15, 0.2) is 42.5 Å². The number of rotatable bonds is 8. The van der Waals surface area contributed by atoms with E-state index >= 15 is 0 Å². The van der Waals surface area contributed by atoms with E-state index < -0.39 is 10.0 Å². The molecule has 8 heteroatoms. The number of aryl methyl sites for hydroxylation is 1. The van der Waals surface area contributed by atoms with E-state index in [9.17, 15) is 13.2 Å². The van der Waals surface area contributed by atoms with Crippen LogP contribution in [0.1, 0.15) is 24.0 Å². The monoisotopic (exact) mass is 459 g/mol. The number of nitrogens with zero attached hydrogens (tertiary/aromatic N) is 3. The van der Waals surface area contributed by atoms with Gasteiger partial charge in [-0.15, -0.1) is 0 Å². The highest BCUT2D eigenvalue weighted by Gasteiger charge is 2.23. The molecule has 0 saturated carbocycles. The van der Waals surface area contributed by atoms with Crippen molar-refractivity contribution in [3.8, 4) is 5.75 Å². The van der Waals surface area contributed by atoms with E-state index in [0.29, 0.717) is 37.4 Å². The number of piperazine rings is 1. The van der Waals surface area contributed by atoms with E-state index in [0.717, 1.165) is 13.1 Å². The summed E-state index contributed by atoms with van der Waals surface area (Å²) in [7, 11) is -1.92. The lowest BCUT2D eigenvalue weighted by Gasteiger charge is -2.37. The average Bonchev–Trinajstić information content (AvgIpc) is 2.77. The molecule has 0 aromatic heterocycles. The first-order valence-corrected chi connectivity index (χ1v) is 12.8. The van der Waals surface area contributed by atoms with Crippen molar-refractivity contribution in [1.29, 1.82) is 0 Å². The zero-order chi connectivity index (χ0) is 23.3. The van der Waals surface area contributed by atoms with E-state index in [2.05, 4.69) is 36.9 Å². The van der Waals surface area contributed by atoms with Gasteiger partial charge >= 0.3 is 0 Å². The maximum Gasteiger partial charge on any atom is 0.232 e. The lowest BCUT2D eigenvalue weighted by atomic mass is 10.1. The van der Waals surface area contributed by atoms with Crippen molar-refractivity contribution in [1.82, 2.24) is 4.90 Å². The number of hydrogen-bond acceptors (Lipinski definition) is 5. The molecule has 0 N–H and O–H groups in total. The van der Waals surface area contributed by atoms with Crippen molar-refractivity contribution in [3.05, 3.63) is 53.6 Å². The van der Waals surface area contributed by atoms with Gasteiger partial charge in [-0.3, -0.25) is 9.10 Å². The molecule has 1 saturated heterocycles. The number of sulfonamides is 1. The third-order valence-corrected chi connectivity index (χ3v) is 7.24. The summed E-state index contributed by atoms with van der Waals surface area (Å²) in [5.74, 6) is 0.665. The van der Waals surface area contributed by atoms with Crippen LogP contribution in [0.4, 0.5) is 11.4 Å². The molecule has 32 heavy (non-hydrogen) atoms. The summed E-state index contributed by atoms with van der Waals surface area (Å²) < 4.78 is 31.2. The van der Waals surface area contributed by atoms with Gasteiger partial charge in [0.15, 0.2) is 0 Å². The molecule has 1 aliphatic heterocycles. The van der Waals surface area contributed by atoms with Crippen molar-refractivity contribution in [2.45, 2.75) is 26.7 Å². The number of anilines is 2. The molecule has 1 fully saturated rings. The predicted octanol–water partition coefficient (Wildman–Crippen LogP) is 3.21. The van der Waals surface area contributed by atoms with E-state index in [-0.39, 0.29) is 12.5 Å². The van der Waals surface area contributed by atoms with Gasteiger partial charge in [-0.1, -0.05) is 18.2 Å². The minimum Gasteiger partial charge on any atom is -0.497 e.